The molecule has 2 aliphatic rings. The van der Waals surface area contributed by atoms with Gasteiger partial charge in [-0.05, 0) is 49.8 Å². The van der Waals surface area contributed by atoms with Crippen molar-refractivity contribution in [2.75, 3.05) is 11.9 Å². The van der Waals surface area contributed by atoms with Crippen molar-refractivity contribution >= 4 is 21.6 Å². The molecular formula is C15H21BrN2. The number of benzene rings is 1. The van der Waals surface area contributed by atoms with Crippen molar-refractivity contribution in [1.82, 2.24) is 5.32 Å². The largest absolute Gasteiger partial charge is 0.372 e. The number of halogens is 1. The van der Waals surface area contributed by atoms with Gasteiger partial charge in [-0.2, -0.15) is 0 Å². The molecule has 2 saturated carbocycles. The third kappa shape index (κ3) is 2.72. The Bertz CT molecular complexity index is 425. The Balaban J connectivity index is 1.66. The molecule has 0 atom stereocenters. The van der Waals surface area contributed by atoms with Crippen molar-refractivity contribution in [3.8, 4) is 0 Å². The van der Waals surface area contributed by atoms with Gasteiger partial charge in [0.1, 0.15) is 0 Å². The van der Waals surface area contributed by atoms with E-state index >= 15 is 0 Å². The number of anilines is 1. The average molecular weight is 309 g/mol. The molecule has 0 aliphatic heterocycles. The predicted octanol–water partition coefficient (Wildman–Crippen LogP) is 3.69. The summed E-state index contributed by atoms with van der Waals surface area (Å²) < 4.78 is 1.24. The zero-order valence-electron chi connectivity index (χ0n) is 11.0. The smallest absolute Gasteiger partial charge is 0.0377 e. The highest BCUT2D eigenvalue weighted by Crippen LogP contribution is 2.31. The maximum Gasteiger partial charge on any atom is 0.0377 e. The maximum atomic E-state index is 3.71. The van der Waals surface area contributed by atoms with Gasteiger partial charge in [-0.15, -0.1) is 0 Å². The van der Waals surface area contributed by atoms with E-state index in [1.807, 2.05) is 0 Å². The van der Waals surface area contributed by atoms with Crippen LogP contribution in [0.3, 0.4) is 0 Å². The van der Waals surface area contributed by atoms with Crippen LogP contribution in [0.25, 0.3) is 0 Å². The lowest BCUT2D eigenvalue weighted by atomic mass is 9.91. The molecular weight excluding hydrogens is 288 g/mol. The Kier molecular flexibility index (Phi) is 3.62. The molecule has 2 fully saturated rings. The zero-order valence-corrected chi connectivity index (χ0v) is 12.5. The molecule has 98 valence electrons. The number of hydrogen-bond donors (Lipinski definition) is 1. The molecule has 0 unspecified atom stereocenters. The van der Waals surface area contributed by atoms with Gasteiger partial charge in [-0.25, -0.2) is 0 Å². The van der Waals surface area contributed by atoms with Crippen molar-refractivity contribution < 1.29 is 0 Å². The van der Waals surface area contributed by atoms with Crippen molar-refractivity contribution in [2.24, 2.45) is 0 Å². The Hall–Kier alpha value is -0.540. The van der Waals surface area contributed by atoms with Crippen LogP contribution in [0.2, 0.25) is 0 Å². The molecule has 1 aromatic rings. The molecule has 0 aromatic heterocycles. The summed E-state index contributed by atoms with van der Waals surface area (Å²) in [6, 6.07) is 8.31. The predicted molar refractivity (Wildman–Crippen MR) is 80.0 cm³/mol. The van der Waals surface area contributed by atoms with E-state index < -0.39 is 0 Å². The first-order chi connectivity index (χ1) is 8.74. The molecule has 1 N–H and O–H groups in total. The molecule has 18 heavy (non-hydrogen) atoms. The van der Waals surface area contributed by atoms with E-state index in [4.69, 9.17) is 0 Å². The molecule has 1 aromatic carbocycles. The molecule has 2 aliphatic carbocycles. The lowest BCUT2D eigenvalue weighted by Gasteiger charge is -2.36. The van der Waals surface area contributed by atoms with Crippen molar-refractivity contribution in [3.05, 3.63) is 28.2 Å². The van der Waals surface area contributed by atoms with E-state index in [9.17, 15) is 0 Å². The van der Waals surface area contributed by atoms with Crippen LogP contribution in [0.15, 0.2) is 22.7 Å². The summed E-state index contributed by atoms with van der Waals surface area (Å²) in [5, 5.41) is 3.56. The van der Waals surface area contributed by atoms with Crippen LogP contribution in [-0.2, 0) is 6.54 Å². The van der Waals surface area contributed by atoms with E-state index in [-0.39, 0.29) is 0 Å². The minimum atomic E-state index is 0.757. The first-order valence-corrected chi connectivity index (χ1v) is 7.78. The van der Waals surface area contributed by atoms with Crippen molar-refractivity contribution in [1.29, 1.82) is 0 Å². The summed E-state index contributed by atoms with van der Waals surface area (Å²) in [4.78, 5) is 2.42. The monoisotopic (exact) mass is 308 g/mol. The van der Waals surface area contributed by atoms with Gasteiger partial charge >= 0.3 is 0 Å². The third-order valence-electron chi connectivity index (χ3n) is 4.22. The van der Waals surface area contributed by atoms with Gasteiger partial charge in [0.2, 0.25) is 0 Å². The summed E-state index contributed by atoms with van der Waals surface area (Å²) in [6.45, 7) is 0.985. The SMILES string of the molecule is CN(c1ccc(CNC2CC2)c(Br)c1)C1CCC1. The minimum absolute atomic E-state index is 0.757. The molecule has 0 amide bonds. The number of nitrogens with zero attached hydrogens (tertiary/aromatic N) is 1. The first kappa shape index (κ1) is 12.5. The van der Waals surface area contributed by atoms with E-state index in [1.165, 1.54) is 47.8 Å². The quantitative estimate of drug-likeness (QED) is 0.892. The Morgan fingerprint density at radius 1 is 1.28 bits per heavy atom. The average Bonchev–Trinajstić information content (AvgIpc) is 3.08. The molecule has 3 heteroatoms. The van der Waals surface area contributed by atoms with Crippen molar-refractivity contribution in [2.45, 2.75) is 50.7 Å². The lowest BCUT2D eigenvalue weighted by molar-refractivity contribution is 0.401. The van der Waals surface area contributed by atoms with E-state index in [0.717, 1.165) is 18.6 Å². The molecule has 2 nitrogen and oxygen atoms in total. The summed E-state index contributed by atoms with van der Waals surface area (Å²) in [6.07, 6.45) is 6.78. The molecule has 0 bridgehead atoms. The normalized spacial score (nSPS) is 19.7. The van der Waals surface area contributed by atoms with E-state index in [2.05, 4.69) is 51.4 Å². The maximum absolute atomic E-state index is 3.71. The Morgan fingerprint density at radius 2 is 2.06 bits per heavy atom. The summed E-state index contributed by atoms with van der Waals surface area (Å²) in [7, 11) is 2.22. The number of hydrogen-bond acceptors (Lipinski definition) is 2. The van der Waals surface area contributed by atoms with Gasteiger partial charge in [-0.1, -0.05) is 22.0 Å². The van der Waals surface area contributed by atoms with Gasteiger partial charge in [0.15, 0.2) is 0 Å². The highest BCUT2D eigenvalue weighted by atomic mass is 79.9. The Labute approximate surface area is 118 Å². The van der Waals surface area contributed by atoms with E-state index in [1.54, 1.807) is 0 Å². The van der Waals surface area contributed by atoms with Crippen LogP contribution >= 0.6 is 15.9 Å². The second kappa shape index (κ2) is 5.22. The van der Waals surface area contributed by atoms with Crippen LogP contribution < -0.4 is 10.2 Å². The van der Waals surface area contributed by atoms with Crippen LogP contribution in [-0.4, -0.2) is 19.1 Å². The second-order valence-corrected chi connectivity index (χ2v) is 6.48. The van der Waals surface area contributed by atoms with Crippen LogP contribution in [0, 0.1) is 0 Å². The fraction of sp³-hybridized carbons (Fsp3) is 0.600. The van der Waals surface area contributed by atoms with Gasteiger partial charge in [0.25, 0.3) is 0 Å². The number of rotatable bonds is 5. The molecule has 0 heterocycles. The fourth-order valence-corrected chi connectivity index (χ4v) is 2.93. The van der Waals surface area contributed by atoms with Gasteiger partial charge in [0, 0.05) is 35.8 Å². The highest BCUT2D eigenvalue weighted by Gasteiger charge is 2.23. The first-order valence-electron chi connectivity index (χ1n) is 6.98. The highest BCUT2D eigenvalue weighted by molar-refractivity contribution is 9.10. The van der Waals surface area contributed by atoms with Crippen molar-refractivity contribution in [3.63, 3.8) is 0 Å². The summed E-state index contributed by atoms with van der Waals surface area (Å²) >= 11 is 3.71. The second-order valence-electron chi connectivity index (χ2n) is 5.63. The van der Waals surface area contributed by atoms with Crippen LogP contribution in [0.4, 0.5) is 5.69 Å². The molecule has 0 radical (unpaired) electrons. The topological polar surface area (TPSA) is 15.3 Å². The molecule has 3 rings (SSSR count). The zero-order chi connectivity index (χ0) is 12.5. The van der Waals surface area contributed by atoms with Gasteiger partial charge in [0.05, 0.1) is 0 Å². The van der Waals surface area contributed by atoms with Gasteiger partial charge in [-0.3, -0.25) is 0 Å². The van der Waals surface area contributed by atoms with Crippen LogP contribution in [0.1, 0.15) is 37.7 Å². The summed E-state index contributed by atoms with van der Waals surface area (Å²) in [5.41, 5.74) is 2.70. The van der Waals surface area contributed by atoms with E-state index in [0.29, 0.717) is 0 Å². The third-order valence-corrected chi connectivity index (χ3v) is 4.96. The van der Waals surface area contributed by atoms with Gasteiger partial charge < -0.3 is 10.2 Å². The minimum Gasteiger partial charge on any atom is -0.372 e. The fourth-order valence-electron chi connectivity index (χ4n) is 2.43. The Morgan fingerprint density at radius 3 is 2.61 bits per heavy atom. The lowest BCUT2D eigenvalue weighted by Crippen LogP contribution is -2.37. The molecule has 0 saturated heterocycles. The number of nitrogens with one attached hydrogen (secondary N) is 1. The molecule has 0 spiro atoms. The standard InChI is InChI=1S/C15H21BrN2/c1-18(13-3-2-4-13)14-8-5-11(15(16)9-14)10-17-12-6-7-12/h5,8-9,12-13,17H,2-4,6-7,10H2,1H3. The van der Waals surface area contributed by atoms with Crippen LogP contribution in [0.5, 0.6) is 0 Å². The summed E-state index contributed by atoms with van der Waals surface area (Å²) in [5.74, 6) is 0.